The van der Waals surface area contributed by atoms with Gasteiger partial charge in [-0.25, -0.2) is 9.67 Å². The predicted octanol–water partition coefficient (Wildman–Crippen LogP) is 3.15. The summed E-state index contributed by atoms with van der Waals surface area (Å²) in [5, 5.41) is 4.64. The Hall–Kier alpha value is -2.87. The zero-order valence-corrected chi connectivity index (χ0v) is 16.2. The van der Waals surface area contributed by atoms with E-state index in [2.05, 4.69) is 15.1 Å². The molecule has 8 heteroatoms. The summed E-state index contributed by atoms with van der Waals surface area (Å²) in [6.45, 7) is 4.46. The highest BCUT2D eigenvalue weighted by atomic mass is 32.2. The Morgan fingerprint density at radius 1 is 1.04 bits per heavy atom. The van der Waals surface area contributed by atoms with E-state index >= 15 is 0 Å². The SMILES string of the molecule is Cc1ccc(OCCSc2nc(C)cc(Oc3ccc(=O)n(C)n3)n2)cc1. The number of aryl methyl sites for hydroxylation is 3. The smallest absolute Gasteiger partial charge is 0.266 e. The monoisotopic (exact) mass is 384 g/mol. The fraction of sp³-hybridized carbons (Fsp3) is 0.263. The lowest BCUT2D eigenvalue weighted by Crippen LogP contribution is -2.18. The topological polar surface area (TPSA) is 79.1 Å². The number of hydrogen-bond donors (Lipinski definition) is 0. The van der Waals surface area contributed by atoms with Gasteiger partial charge in [-0.2, -0.15) is 4.98 Å². The molecule has 1 aromatic carbocycles. The second-order valence-corrected chi connectivity index (χ2v) is 6.94. The van der Waals surface area contributed by atoms with Crippen LogP contribution in [0, 0.1) is 13.8 Å². The highest BCUT2D eigenvalue weighted by molar-refractivity contribution is 7.99. The number of hydrogen-bond acceptors (Lipinski definition) is 7. The zero-order chi connectivity index (χ0) is 19.2. The summed E-state index contributed by atoms with van der Waals surface area (Å²) in [7, 11) is 1.57. The maximum Gasteiger partial charge on any atom is 0.266 e. The van der Waals surface area contributed by atoms with Crippen LogP contribution in [-0.4, -0.2) is 32.1 Å². The molecule has 0 unspecified atom stereocenters. The molecule has 0 aliphatic carbocycles. The zero-order valence-electron chi connectivity index (χ0n) is 15.4. The average molecular weight is 384 g/mol. The Kier molecular flexibility index (Phi) is 6.08. The highest BCUT2D eigenvalue weighted by Crippen LogP contribution is 2.21. The second-order valence-electron chi connectivity index (χ2n) is 5.88. The average Bonchev–Trinajstić information content (AvgIpc) is 2.63. The molecule has 3 rings (SSSR count). The van der Waals surface area contributed by atoms with Crippen LogP contribution in [0.25, 0.3) is 0 Å². The number of thioether (sulfide) groups is 1. The Bertz CT molecular complexity index is 973. The van der Waals surface area contributed by atoms with Gasteiger partial charge >= 0.3 is 0 Å². The third-order valence-corrected chi connectivity index (χ3v) is 4.37. The molecule has 2 heterocycles. The van der Waals surface area contributed by atoms with Crippen LogP contribution < -0.4 is 15.0 Å². The molecular formula is C19H20N4O3S. The van der Waals surface area contributed by atoms with Gasteiger partial charge in [0, 0.05) is 36.7 Å². The summed E-state index contributed by atoms with van der Waals surface area (Å²) >= 11 is 1.48. The molecule has 0 aliphatic heterocycles. The fourth-order valence-corrected chi connectivity index (χ4v) is 2.91. The fourth-order valence-electron chi connectivity index (χ4n) is 2.20. The van der Waals surface area contributed by atoms with E-state index < -0.39 is 0 Å². The summed E-state index contributed by atoms with van der Waals surface area (Å²) in [4.78, 5) is 20.2. The Morgan fingerprint density at radius 3 is 2.56 bits per heavy atom. The summed E-state index contributed by atoms with van der Waals surface area (Å²) in [5.41, 5.74) is 1.78. The van der Waals surface area contributed by atoms with E-state index in [1.807, 2.05) is 38.1 Å². The number of ether oxygens (including phenoxy) is 2. The molecule has 0 saturated carbocycles. The van der Waals surface area contributed by atoms with E-state index in [1.54, 1.807) is 13.1 Å². The van der Waals surface area contributed by atoms with Crippen molar-refractivity contribution >= 4 is 11.8 Å². The van der Waals surface area contributed by atoms with Gasteiger partial charge in [0.25, 0.3) is 5.56 Å². The lowest BCUT2D eigenvalue weighted by molar-refractivity contribution is 0.343. The molecule has 0 aliphatic rings. The summed E-state index contributed by atoms with van der Waals surface area (Å²) in [6, 6.07) is 12.6. The summed E-state index contributed by atoms with van der Waals surface area (Å²) < 4.78 is 12.6. The third-order valence-electron chi connectivity index (χ3n) is 3.56. The molecule has 0 atom stereocenters. The minimum Gasteiger partial charge on any atom is -0.493 e. The number of benzene rings is 1. The van der Waals surface area contributed by atoms with E-state index in [-0.39, 0.29) is 5.56 Å². The van der Waals surface area contributed by atoms with Crippen molar-refractivity contribution in [3.63, 3.8) is 0 Å². The number of rotatable bonds is 7. The molecular weight excluding hydrogens is 364 g/mol. The van der Waals surface area contributed by atoms with Crippen LogP contribution in [0.15, 0.2) is 52.4 Å². The van der Waals surface area contributed by atoms with Crippen molar-refractivity contribution in [2.45, 2.75) is 19.0 Å². The molecule has 3 aromatic rings. The van der Waals surface area contributed by atoms with Gasteiger partial charge in [0.05, 0.1) is 6.61 Å². The van der Waals surface area contributed by atoms with E-state index in [1.165, 1.54) is 34.1 Å². The summed E-state index contributed by atoms with van der Waals surface area (Å²) in [6.07, 6.45) is 0. The van der Waals surface area contributed by atoms with Gasteiger partial charge in [0.1, 0.15) is 5.75 Å². The maximum atomic E-state index is 11.4. The van der Waals surface area contributed by atoms with Gasteiger partial charge in [0.15, 0.2) is 5.16 Å². The van der Waals surface area contributed by atoms with E-state index in [4.69, 9.17) is 9.47 Å². The largest absolute Gasteiger partial charge is 0.493 e. The quantitative estimate of drug-likeness (QED) is 0.352. The first-order valence-corrected chi connectivity index (χ1v) is 9.38. The molecule has 0 radical (unpaired) electrons. The molecule has 0 N–H and O–H groups in total. The first-order valence-electron chi connectivity index (χ1n) is 8.40. The molecule has 0 spiro atoms. The predicted molar refractivity (Wildman–Crippen MR) is 104 cm³/mol. The van der Waals surface area contributed by atoms with E-state index in [0.29, 0.717) is 29.3 Å². The van der Waals surface area contributed by atoms with Gasteiger partial charge < -0.3 is 9.47 Å². The van der Waals surface area contributed by atoms with Gasteiger partial charge in [-0.15, -0.1) is 5.10 Å². The van der Waals surface area contributed by atoms with E-state index in [0.717, 1.165) is 11.4 Å². The van der Waals surface area contributed by atoms with Crippen LogP contribution in [0.2, 0.25) is 0 Å². The molecule has 2 aromatic heterocycles. The number of nitrogens with zero attached hydrogens (tertiary/aromatic N) is 4. The molecule has 0 amide bonds. The maximum absolute atomic E-state index is 11.4. The van der Waals surface area contributed by atoms with Crippen molar-refractivity contribution in [1.29, 1.82) is 0 Å². The molecule has 7 nitrogen and oxygen atoms in total. The number of aromatic nitrogens is 4. The van der Waals surface area contributed by atoms with Gasteiger partial charge in [-0.05, 0) is 26.0 Å². The van der Waals surface area contributed by atoms with Gasteiger partial charge in [-0.3, -0.25) is 4.79 Å². The van der Waals surface area contributed by atoms with Crippen LogP contribution in [-0.2, 0) is 7.05 Å². The van der Waals surface area contributed by atoms with Crippen LogP contribution in [0.3, 0.4) is 0 Å². The minimum absolute atomic E-state index is 0.203. The Morgan fingerprint density at radius 2 is 1.81 bits per heavy atom. The van der Waals surface area contributed by atoms with Crippen molar-refractivity contribution in [1.82, 2.24) is 19.7 Å². The van der Waals surface area contributed by atoms with Crippen molar-refractivity contribution in [2.75, 3.05) is 12.4 Å². The van der Waals surface area contributed by atoms with Crippen LogP contribution in [0.4, 0.5) is 0 Å². The molecule has 27 heavy (non-hydrogen) atoms. The van der Waals surface area contributed by atoms with Crippen LogP contribution >= 0.6 is 11.8 Å². The lowest BCUT2D eigenvalue weighted by Gasteiger charge is -2.08. The van der Waals surface area contributed by atoms with Gasteiger partial charge in [0.2, 0.25) is 11.8 Å². The lowest BCUT2D eigenvalue weighted by atomic mass is 10.2. The van der Waals surface area contributed by atoms with Crippen LogP contribution in [0.5, 0.6) is 17.5 Å². The minimum atomic E-state index is -0.203. The van der Waals surface area contributed by atoms with Crippen molar-refractivity contribution in [2.24, 2.45) is 7.05 Å². The molecule has 0 saturated heterocycles. The highest BCUT2D eigenvalue weighted by Gasteiger charge is 2.07. The van der Waals surface area contributed by atoms with Crippen LogP contribution in [0.1, 0.15) is 11.3 Å². The standard InChI is InChI=1S/C19H20N4O3S/c1-13-4-6-15(7-5-13)25-10-11-27-19-20-14(2)12-17(21-19)26-16-8-9-18(24)23(3)22-16/h4-9,12H,10-11H2,1-3H3. The molecule has 140 valence electrons. The Balaban J connectivity index is 1.58. The van der Waals surface area contributed by atoms with Crippen molar-refractivity contribution < 1.29 is 9.47 Å². The van der Waals surface area contributed by atoms with Gasteiger partial charge in [-0.1, -0.05) is 29.5 Å². The Labute approximate surface area is 161 Å². The first-order chi connectivity index (χ1) is 13.0. The molecule has 0 fully saturated rings. The first kappa shape index (κ1) is 18.9. The third kappa shape index (κ3) is 5.55. The van der Waals surface area contributed by atoms with Crippen molar-refractivity contribution in [3.05, 3.63) is 64.1 Å². The van der Waals surface area contributed by atoms with Crippen molar-refractivity contribution in [3.8, 4) is 17.5 Å². The molecule has 0 bridgehead atoms. The summed E-state index contributed by atoms with van der Waals surface area (Å²) in [5.74, 6) is 2.23. The second kappa shape index (κ2) is 8.68. The van der Waals surface area contributed by atoms with E-state index in [9.17, 15) is 4.79 Å². The normalized spacial score (nSPS) is 10.6.